The van der Waals surface area contributed by atoms with Crippen LogP contribution in [0.1, 0.15) is 10.4 Å². The molecule has 0 aliphatic rings. The minimum atomic E-state index is -0.144. The summed E-state index contributed by atoms with van der Waals surface area (Å²) in [4.78, 5) is 12.2. The van der Waals surface area contributed by atoms with Gasteiger partial charge in [-0.15, -0.1) is 0 Å². The number of rotatable bonds is 4. The summed E-state index contributed by atoms with van der Waals surface area (Å²) in [5, 5.41) is 12.8. The van der Waals surface area contributed by atoms with E-state index in [1.54, 1.807) is 18.3 Å². The summed E-state index contributed by atoms with van der Waals surface area (Å²) in [6, 6.07) is 18.4. The van der Waals surface area contributed by atoms with E-state index >= 15 is 0 Å². The van der Waals surface area contributed by atoms with E-state index in [2.05, 4.69) is 20.8 Å². The zero-order valence-electron chi connectivity index (χ0n) is 11.2. The van der Waals surface area contributed by atoms with Gasteiger partial charge in [0.2, 0.25) is 0 Å². The second kappa shape index (κ2) is 5.92. The number of carbonyl (C=O) groups is 1. The smallest absolute Gasteiger partial charge is 0.255 e. The molecule has 5 nitrogen and oxygen atoms in total. The Kier molecular flexibility index (Phi) is 3.64. The van der Waals surface area contributed by atoms with E-state index in [9.17, 15) is 4.79 Å². The first-order chi connectivity index (χ1) is 10.3. The lowest BCUT2D eigenvalue weighted by atomic mass is 10.2. The number of nitrogens with one attached hydrogen (secondary N) is 3. The number of benzene rings is 2. The molecule has 0 fully saturated rings. The van der Waals surface area contributed by atoms with Gasteiger partial charge in [0.15, 0.2) is 0 Å². The number of H-pyrrole nitrogens is 1. The molecule has 1 amide bonds. The van der Waals surface area contributed by atoms with Gasteiger partial charge in [0, 0.05) is 11.6 Å². The number of carbonyl (C=O) groups excluding carboxylic acids is 1. The highest BCUT2D eigenvalue weighted by Crippen LogP contribution is 2.24. The van der Waals surface area contributed by atoms with Crippen LogP contribution in [0.2, 0.25) is 0 Å². The molecule has 5 heteroatoms. The second-order valence-electron chi connectivity index (χ2n) is 4.46. The first-order valence-electron chi connectivity index (χ1n) is 6.55. The normalized spacial score (nSPS) is 10.1. The van der Waals surface area contributed by atoms with Crippen LogP contribution in [0.4, 0.5) is 17.2 Å². The van der Waals surface area contributed by atoms with Crippen molar-refractivity contribution in [2.75, 3.05) is 10.6 Å². The standard InChI is InChI=1S/C16H14N4O/c21-16(12-6-2-1-3-7-12)19-14-9-5-4-8-13(14)18-15-10-11-17-20-15/h1-11H,(H,19,21)(H2,17,18,20). The van der Waals surface area contributed by atoms with E-state index in [0.29, 0.717) is 11.3 Å². The number of hydrogen-bond donors (Lipinski definition) is 3. The first-order valence-corrected chi connectivity index (χ1v) is 6.55. The van der Waals surface area contributed by atoms with Gasteiger partial charge in [0.25, 0.3) is 5.91 Å². The van der Waals surface area contributed by atoms with Crippen LogP contribution in [0.3, 0.4) is 0 Å². The molecule has 0 saturated carbocycles. The lowest BCUT2D eigenvalue weighted by molar-refractivity contribution is 0.102. The minimum absolute atomic E-state index is 0.144. The summed E-state index contributed by atoms with van der Waals surface area (Å²) in [5.41, 5.74) is 2.13. The summed E-state index contributed by atoms with van der Waals surface area (Å²) in [6.07, 6.45) is 1.66. The predicted octanol–water partition coefficient (Wildman–Crippen LogP) is 3.41. The molecule has 2 aromatic carbocycles. The van der Waals surface area contributed by atoms with Gasteiger partial charge in [0.1, 0.15) is 5.82 Å². The number of hydrogen-bond acceptors (Lipinski definition) is 3. The van der Waals surface area contributed by atoms with Crippen LogP contribution in [0.5, 0.6) is 0 Å². The summed E-state index contributed by atoms with van der Waals surface area (Å²) in [5.74, 6) is 0.617. The fraction of sp³-hybridized carbons (Fsp3) is 0. The van der Waals surface area contributed by atoms with E-state index in [0.717, 1.165) is 11.5 Å². The molecule has 0 unspecified atom stereocenters. The topological polar surface area (TPSA) is 69.8 Å². The number of amides is 1. The van der Waals surface area contributed by atoms with E-state index in [4.69, 9.17) is 0 Å². The average molecular weight is 278 g/mol. The van der Waals surface area contributed by atoms with E-state index < -0.39 is 0 Å². The van der Waals surface area contributed by atoms with Crippen molar-refractivity contribution >= 4 is 23.1 Å². The molecule has 1 heterocycles. The number of nitrogens with zero attached hydrogens (tertiary/aromatic N) is 1. The van der Waals surface area contributed by atoms with Gasteiger partial charge in [-0.1, -0.05) is 30.3 Å². The Morgan fingerprint density at radius 2 is 1.62 bits per heavy atom. The SMILES string of the molecule is O=C(Nc1ccccc1Nc1ccn[nH]1)c1ccccc1. The summed E-state index contributed by atoms with van der Waals surface area (Å²) in [7, 11) is 0. The largest absolute Gasteiger partial charge is 0.339 e. The van der Waals surface area contributed by atoms with E-state index in [1.807, 2.05) is 48.5 Å². The van der Waals surface area contributed by atoms with Crippen molar-refractivity contribution in [2.24, 2.45) is 0 Å². The maximum atomic E-state index is 12.2. The van der Waals surface area contributed by atoms with Gasteiger partial charge in [-0.05, 0) is 24.3 Å². The number of para-hydroxylation sites is 2. The molecule has 0 bridgehead atoms. The molecule has 0 aliphatic heterocycles. The molecule has 0 radical (unpaired) electrons. The Labute approximate surface area is 122 Å². The zero-order valence-corrected chi connectivity index (χ0v) is 11.2. The molecule has 21 heavy (non-hydrogen) atoms. The second-order valence-corrected chi connectivity index (χ2v) is 4.46. The average Bonchev–Trinajstić information content (AvgIpc) is 3.03. The molecule has 0 atom stereocenters. The van der Waals surface area contributed by atoms with Crippen molar-refractivity contribution in [3.63, 3.8) is 0 Å². The third kappa shape index (κ3) is 3.09. The van der Waals surface area contributed by atoms with Crippen molar-refractivity contribution in [3.8, 4) is 0 Å². The van der Waals surface area contributed by atoms with Crippen molar-refractivity contribution in [3.05, 3.63) is 72.4 Å². The molecule has 104 valence electrons. The van der Waals surface area contributed by atoms with Gasteiger partial charge in [0.05, 0.1) is 17.6 Å². The van der Waals surface area contributed by atoms with Gasteiger partial charge < -0.3 is 10.6 Å². The fourth-order valence-corrected chi connectivity index (χ4v) is 1.96. The Balaban J connectivity index is 1.81. The van der Waals surface area contributed by atoms with Gasteiger partial charge in [-0.3, -0.25) is 9.89 Å². The third-order valence-electron chi connectivity index (χ3n) is 2.98. The van der Waals surface area contributed by atoms with Crippen LogP contribution in [0.25, 0.3) is 0 Å². The molecular weight excluding hydrogens is 264 g/mol. The maximum absolute atomic E-state index is 12.2. The van der Waals surface area contributed by atoms with Crippen LogP contribution in [-0.4, -0.2) is 16.1 Å². The summed E-state index contributed by atoms with van der Waals surface area (Å²) >= 11 is 0. The maximum Gasteiger partial charge on any atom is 0.255 e. The van der Waals surface area contributed by atoms with Crippen LogP contribution >= 0.6 is 0 Å². The zero-order chi connectivity index (χ0) is 14.5. The molecule has 3 aromatic rings. The fourth-order valence-electron chi connectivity index (χ4n) is 1.96. The Morgan fingerprint density at radius 3 is 2.33 bits per heavy atom. The highest BCUT2D eigenvalue weighted by Gasteiger charge is 2.08. The molecule has 0 spiro atoms. The highest BCUT2D eigenvalue weighted by atomic mass is 16.1. The van der Waals surface area contributed by atoms with Gasteiger partial charge in [-0.25, -0.2) is 0 Å². The number of aromatic amines is 1. The van der Waals surface area contributed by atoms with Crippen LogP contribution in [0, 0.1) is 0 Å². The van der Waals surface area contributed by atoms with Crippen molar-refractivity contribution in [1.82, 2.24) is 10.2 Å². The first kappa shape index (κ1) is 12.9. The molecular formula is C16H14N4O. The van der Waals surface area contributed by atoms with Crippen molar-refractivity contribution in [1.29, 1.82) is 0 Å². The monoisotopic (exact) mass is 278 g/mol. The van der Waals surface area contributed by atoms with E-state index in [-0.39, 0.29) is 5.91 Å². The summed E-state index contributed by atoms with van der Waals surface area (Å²) < 4.78 is 0. The van der Waals surface area contributed by atoms with E-state index in [1.165, 1.54) is 0 Å². The van der Waals surface area contributed by atoms with Crippen LogP contribution in [-0.2, 0) is 0 Å². The minimum Gasteiger partial charge on any atom is -0.339 e. The Morgan fingerprint density at radius 1 is 0.905 bits per heavy atom. The quantitative estimate of drug-likeness (QED) is 0.685. The molecule has 3 N–H and O–H groups in total. The lowest BCUT2D eigenvalue weighted by Crippen LogP contribution is -2.12. The molecule has 0 aliphatic carbocycles. The van der Waals surface area contributed by atoms with Crippen molar-refractivity contribution < 1.29 is 4.79 Å². The predicted molar refractivity (Wildman–Crippen MR) is 82.7 cm³/mol. The Bertz CT molecular complexity index is 723. The van der Waals surface area contributed by atoms with Crippen LogP contribution in [0.15, 0.2) is 66.9 Å². The Hall–Kier alpha value is -3.08. The lowest BCUT2D eigenvalue weighted by Gasteiger charge is -2.11. The molecule has 0 saturated heterocycles. The highest BCUT2D eigenvalue weighted by molar-refractivity contribution is 6.06. The molecule has 1 aromatic heterocycles. The number of anilines is 3. The summed E-state index contributed by atoms with van der Waals surface area (Å²) in [6.45, 7) is 0. The van der Waals surface area contributed by atoms with Crippen LogP contribution < -0.4 is 10.6 Å². The van der Waals surface area contributed by atoms with Gasteiger partial charge in [-0.2, -0.15) is 5.10 Å². The molecule has 3 rings (SSSR count). The van der Waals surface area contributed by atoms with Gasteiger partial charge >= 0.3 is 0 Å². The number of aromatic nitrogens is 2. The third-order valence-corrected chi connectivity index (χ3v) is 2.98. The van der Waals surface area contributed by atoms with Crippen molar-refractivity contribution in [2.45, 2.75) is 0 Å².